The van der Waals surface area contributed by atoms with Crippen LogP contribution >= 0.6 is 11.3 Å². The molecule has 3 aromatic rings. The van der Waals surface area contributed by atoms with Crippen LogP contribution in [0.5, 0.6) is 0 Å². The summed E-state index contributed by atoms with van der Waals surface area (Å²) in [6, 6.07) is 15.0. The summed E-state index contributed by atoms with van der Waals surface area (Å²) in [6.07, 6.45) is -0.238. The standard InChI is InChI=1S/C25H25N3O6S/c29-12-10-20(24(31)32)28-23(30)21-14-35-22(27-21)9-11-26-25(33)34-13-19-17-7-3-1-5-15(17)16-6-2-4-8-18(16)19/h1-8,14,19-20,29H,9-13H2,(H,26,33)(H,28,30)(H,31,32)/t20-/m0/s1. The van der Waals surface area contributed by atoms with Gasteiger partial charge < -0.3 is 25.6 Å². The maximum atomic E-state index is 12.3. The molecule has 0 bridgehead atoms. The van der Waals surface area contributed by atoms with Gasteiger partial charge in [-0.1, -0.05) is 48.5 Å². The average molecular weight is 496 g/mol. The fraction of sp³-hybridized carbons (Fsp3) is 0.280. The first-order valence-corrected chi connectivity index (χ1v) is 12.0. The number of aliphatic hydroxyl groups is 1. The maximum absolute atomic E-state index is 12.3. The lowest BCUT2D eigenvalue weighted by Crippen LogP contribution is -2.41. The lowest BCUT2D eigenvalue weighted by molar-refractivity contribution is -0.139. The molecule has 2 aromatic carbocycles. The molecule has 35 heavy (non-hydrogen) atoms. The molecule has 9 nitrogen and oxygen atoms in total. The Morgan fingerprint density at radius 2 is 1.71 bits per heavy atom. The number of carboxylic acids is 1. The number of carbonyl (C=O) groups excluding carboxylic acids is 2. The van der Waals surface area contributed by atoms with Gasteiger partial charge in [-0.25, -0.2) is 14.6 Å². The van der Waals surface area contributed by atoms with Crippen molar-refractivity contribution in [1.29, 1.82) is 0 Å². The van der Waals surface area contributed by atoms with Crippen LogP contribution in [0.4, 0.5) is 4.79 Å². The van der Waals surface area contributed by atoms with E-state index in [2.05, 4.69) is 39.9 Å². The predicted octanol–water partition coefficient (Wildman–Crippen LogP) is 2.79. The molecule has 0 saturated heterocycles. The number of fused-ring (bicyclic) bond motifs is 3. The maximum Gasteiger partial charge on any atom is 0.407 e. The molecule has 0 spiro atoms. The largest absolute Gasteiger partial charge is 0.480 e. The highest BCUT2D eigenvalue weighted by Crippen LogP contribution is 2.44. The number of alkyl carbamates (subject to hydrolysis) is 1. The van der Waals surface area contributed by atoms with Gasteiger partial charge in [0.25, 0.3) is 5.91 Å². The molecule has 1 aromatic heterocycles. The number of carbonyl (C=O) groups is 3. The summed E-state index contributed by atoms with van der Waals surface area (Å²) in [5, 5.41) is 25.2. The van der Waals surface area contributed by atoms with Crippen molar-refractivity contribution in [3.63, 3.8) is 0 Å². The van der Waals surface area contributed by atoms with Gasteiger partial charge in [0.1, 0.15) is 18.3 Å². The first-order chi connectivity index (χ1) is 17.0. The van der Waals surface area contributed by atoms with E-state index in [1.54, 1.807) is 0 Å². The highest BCUT2D eigenvalue weighted by atomic mass is 32.1. The number of nitrogens with one attached hydrogen (secondary N) is 2. The van der Waals surface area contributed by atoms with Gasteiger partial charge in [-0.05, 0) is 22.3 Å². The minimum atomic E-state index is -1.23. The van der Waals surface area contributed by atoms with E-state index < -0.39 is 24.0 Å². The molecule has 1 atom stereocenters. The van der Waals surface area contributed by atoms with Crippen LogP contribution in [-0.2, 0) is 16.0 Å². The second kappa shape index (κ2) is 11.1. The smallest absolute Gasteiger partial charge is 0.407 e. The summed E-state index contributed by atoms with van der Waals surface area (Å²) < 4.78 is 5.50. The average Bonchev–Trinajstić information content (AvgIpc) is 3.45. The van der Waals surface area contributed by atoms with Gasteiger partial charge in [0.05, 0.1) is 5.01 Å². The summed E-state index contributed by atoms with van der Waals surface area (Å²) in [7, 11) is 0. The number of benzene rings is 2. The van der Waals surface area contributed by atoms with Crippen molar-refractivity contribution in [3.05, 3.63) is 75.7 Å². The van der Waals surface area contributed by atoms with Gasteiger partial charge in [-0.2, -0.15) is 0 Å². The predicted molar refractivity (Wildman–Crippen MR) is 129 cm³/mol. The molecule has 0 fully saturated rings. The molecule has 2 amide bonds. The molecule has 10 heteroatoms. The van der Waals surface area contributed by atoms with Crippen LogP contribution in [0.15, 0.2) is 53.9 Å². The van der Waals surface area contributed by atoms with E-state index in [-0.39, 0.29) is 37.8 Å². The molecule has 4 rings (SSSR count). The van der Waals surface area contributed by atoms with E-state index in [0.717, 1.165) is 22.3 Å². The Morgan fingerprint density at radius 1 is 1.06 bits per heavy atom. The Kier molecular flexibility index (Phi) is 7.74. The van der Waals surface area contributed by atoms with Crippen LogP contribution in [0.2, 0.25) is 0 Å². The molecule has 4 N–H and O–H groups in total. The number of aliphatic carboxylic acids is 1. The molecule has 1 aliphatic rings. The van der Waals surface area contributed by atoms with Gasteiger partial charge in [-0.15, -0.1) is 11.3 Å². The molecular weight excluding hydrogens is 470 g/mol. The second-order valence-electron chi connectivity index (χ2n) is 8.01. The summed E-state index contributed by atoms with van der Waals surface area (Å²) in [5.74, 6) is -1.87. The fourth-order valence-electron chi connectivity index (χ4n) is 4.07. The summed E-state index contributed by atoms with van der Waals surface area (Å²) in [4.78, 5) is 39.8. The van der Waals surface area contributed by atoms with Crippen LogP contribution < -0.4 is 10.6 Å². The summed E-state index contributed by atoms with van der Waals surface area (Å²) in [6.45, 7) is 0.134. The van der Waals surface area contributed by atoms with E-state index in [1.807, 2.05) is 24.3 Å². The number of nitrogens with zero attached hydrogens (tertiary/aromatic N) is 1. The number of thiazole rings is 1. The first kappa shape index (κ1) is 24.4. The van der Waals surface area contributed by atoms with E-state index in [4.69, 9.17) is 14.9 Å². The minimum absolute atomic E-state index is 0.0198. The highest BCUT2D eigenvalue weighted by Gasteiger charge is 2.29. The third kappa shape index (κ3) is 5.67. The Bertz CT molecular complexity index is 1180. The lowest BCUT2D eigenvalue weighted by Gasteiger charge is -2.14. The van der Waals surface area contributed by atoms with Crippen molar-refractivity contribution < 1.29 is 29.3 Å². The second-order valence-corrected chi connectivity index (χ2v) is 8.95. The highest BCUT2D eigenvalue weighted by molar-refractivity contribution is 7.09. The molecule has 182 valence electrons. The van der Waals surface area contributed by atoms with Crippen molar-refractivity contribution in [2.24, 2.45) is 0 Å². The zero-order chi connectivity index (χ0) is 24.8. The van der Waals surface area contributed by atoms with E-state index in [9.17, 15) is 14.4 Å². The number of carboxylic acid groups (broad SMARTS) is 1. The SMILES string of the molecule is O=C(NCCc1nc(C(=O)N[C@@H](CCO)C(=O)O)cs1)OCC1c2ccccc2-c2ccccc21. The van der Waals surface area contributed by atoms with Gasteiger partial charge >= 0.3 is 12.1 Å². The van der Waals surface area contributed by atoms with Crippen molar-refractivity contribution in [1.82, 2.24) is 15.6 Å². The Labute approximate surface area is 205 Å². The third-order valence-electron chi connectivity index (χ3n) is 5.76. The Morgan fingerprint density at radius 3 is 2.34 bits per heavy atom. The van der Waals surface area contributed by atoms with Crippen LogP contribution in [0.3, 0.4) is 0 Å². The van der Waals surface area contributed by atoms with Gasteiger partial charge in [-0.3, -0.25) is 4.79 Å². The molecular formula is C25H25N3O6S. The number of hydrogen-bond acceptors (Lipinski definition) is 7. The topological polar surface area (TPSA) is 138 Å². The van der Waals surface area contributed by atoms with Crippen molar-refractivity contribution >= 4 is 29.3 Å². The first-order valence-electron chi connectivity index (χ1n) is 11.2. The summed E-state index contributed by atoms with van der Waals surface area (Å²) in [5.41, 5.74) is 4.69. The minimum Gasteiger partial charge on any atom is -0.480 e. The summed E-state index contributed by atoms with van der Waals surface area (Å²) >= 11 is 1.24. The van der Waals surface area contributed by atoms with Crippen LogP contribution in [0.1, 0.15) is 39.0 Å². The monoisotopic (exact) mass is 495 g/mol. The van der Waals surface area contributed by atoms with E-state index in [0.29, 0.717) is 11.4 Å². The van der Waals surface area contributed by atoms with Gasteiger partial charge in [0.2, 0.25) is 0 Å². The van der Waals surface area contributed by atoms with Crippen molar-refractivity contribution in [2.75, 3.05) is 19.8 Å². The van der Waals surface area contributed by atoms with Crippen LogP contribution in [-0.4, -0.2) is 59.0 Å². The van der Waals surface area contributed by atoms with Gasteiger partial charge in [0.15, 0.2) is 0 Å². The van der Waals surface area contributed by atoms with E-state index in [1.165, 1.54) is 16.7 Å². The fourth-order valence-corrected chi connectivity index (χ4v) is 4.85. The number of ether oxygens (including phenoxy) is 1. The molecule has 1 aliphatic carbocycles. The Balaban J connectivity index is 1.25. The number of amides is 2. The molecule has 0 aliphatic heterocycles. The normalized spacial score (nSPS) is 12.9. The van der Waals surface area contributed by atoms with Crippen molar-refractivity contribution in [2.45, 2.75) is 24.8 Å². The number of hydrogen-bond donors (Lipinski definition) is 4. The third-order valence-corrected chi connectivity index (χ3v) is 6.67. The lowest BCUT2D eigenvalue weighted by atomic mass is 9.98. The Hall–Kier alpha value is -3.76. The molecule has 0 radical (unpaired) electrons. The van der Waals surface area contributed by atoms with Crippen molar-refractivity contribution in [3.8, 4) is 11.1 Å². The molecule has 0 unspecified atom stereocenters. The zero-order valence-corrected chi connectivity index (χ0v) is 19.6. The molecule has 1 heterocycles. The number of aliphatic hydroxyl groups excluding tert-OH is 1. The number of rotatable bonds is 10. The quantitative estimate of drug-likeness (QED) is 0.339. The van der Waals surface area contributed by atoms with Crippen LogP contribution in [0.25, 0.3) is 11.1 Å². The number of aromatic nitrogens is 1. The zero-order valence-electron chi connectivity index (χ0n) is 18.8. The molecule has 0 saturated carbocycles. The van der Waals surface area contributed by atoms with Crippen LogP contribution in [0, 0.1) is 0 Å². The van der Waals surface area contributed by atoms with Gasteiger partial charge in [0, 0.05) is 37.3 Å². The van der Waals surface area contributed by atoms with E-state index >= 15 is 0 Å².